The Morgan fingerprint density at radius 1 is 0.941 bits per heavy atom. The molecule has 0 saturated heterocycles. The molecule has 0 bridgehead atoms. The number of aryl methyl sites for hydroxylation is 2. The predicted molar refractivity (Wildman–Crippen MR) is 58.5 cm³/mol. The van der Waals surface area contributed by atoms with Gasteiger partial charge in [0.2, 0.25) is 0 Å². The largest absolute Gasteiger partial charge is 0.508 e. The first-order chi connectivity index (χ1) is 8.00. The minimum absolute atomic E-state index is 0.210. The first kappa shape index (κ1) is 11.4. The molecule has 0 spiro atoms. The lowest BCUT2D eigenvalue weighted by molar-refractivity contribution is 0.461. The van der Waals surface area contributed by atoms with Crippen molar-refractivity contribution in [1.29, 1.82) is 0 Å². The average Bonchev–Trinajstić information content (AvgIpc) is 2.21. The van der Waals surface area contributed by atoms with E-state index in [9.17, 15) is 8.78 Å². The summed E-state index contributed by atoms with van der Waals surface area (Å²) in [4.78, 5) is 7.83. The third kappa shape index (κ3) is 1.95. The molecule has 0 unspecified atom stereocenters. The zero-order valence-electron chi connectivity index (χ0n) is 9.33. The first-order valence-corrected chi connectivity index (χ1v) is 4.97. The summed E-state index contributed by atoms with van der Waals surface area (Å²) >= 11 is 0. The number of benzene rings is 1. The molecule has 88 valence electrons. The lowest BCUT2D eigenvalue weighted by atomic mass is 10.0. The van der Waals surface area contributed by atoms with Crippen LogP contribution >= 0.6 is 0 Å². The van der Waals surface area contributed by atoms with Crippen molar-refractivity contribution in [2.24, 2.45) is 0 Å². The molecule has 0 aliphatic heterocycles. The maximum Gasteiger partial charge on any atom is 0.137 e. The summed E-state index contributed by atoms with van der Waals surface area (Å²) in [5, 5.41) is 9.09. The minimum atomic E-state index is -0.830. The molecule has 5 heteroatoms. The van der Waals surface area contributed by atoms with Gasteiger partial charge in [0.1, 0.15) is 23.7 Å². The van der Waals surface area contributed by atoms with Gasteiger partial charge < -0.3 is 5.11 Å². The second kappa shape index (κ2) is 4.08. The van der Waals surface area contributed by atoms with E-state index in [0.29, 0.717) is 17.0 Å². The lowest BCUT2D eigenvalue weighted by Crippen LogP contribution is -1.99. The van der Waals surface area contributed by atoms with E-state index in [2.05, 4.69) is 9.97 Å². The Hall–Kier alpha value is -2.04. The van der Waals surface area contributed by atoms with Crippen LogP contribution in [0.3, 0.4) is 0 Å². The van der Waals surface area contributed by atoms with E-state index in [4.69, 9.17) is 5.11 Å². The number of phenolic OH excluding ortho intramolecular Hbond substituents is 1. The molecule has 0 amide bonds. The van der Waals surface area contributed by atoms with Crippen molar-refractivity contribution in [2.45, 2.75) is 13.8 Å². The van der Waals surface area contributed by atoms with Crippen LogP contribution in [-0.2, 0) is 0 Å². The zero-order chi connectivity index (χ0) is 12.6. The Morgan fingerprint density at radius 3 is 1.88 bits per heavy atom. The highest BCUT2D eigenvalue weighted by molar-refractivity contribution is 5.69. The molecule has 2 aromatic rings. The SMILES string of the molecule is Cc1ncnc(C)c1-c1c(F)cc(O)cc1F. The van der Waals surface area contributed by atoms with Crippen LogP contribution in [0.5, 0.6) is 5.75 Å². The van der Waals surface area contributed by atoms with Gasteiger partial charge >= 0.3 is 0 Å². The predicted octanol–water partition coefficient (Wildman–Crippen LogP) is 2.74. The minimum Gasteiger partial charge on any atom is -0.508 e. The van der Waals surface area contributed by atoms with Crippen molar-refractivity contribution in [3.05, 3.63) is 41.5 Å². The van der Waals surface area contributed by atoms with Crippen LogP contribution in [0.1, 0.15) is 11.4 Å². The van der Waals surface area contributed by atoms with E-state index in [1.54, 1.807) is 13.8 Å². The molecule has 1 aromatic heterocycles. The van der Waals surface area contributed by atoms with Crippen LogP contribution in [0, 0.1) is 25.5 Å². The number of aromatic nitrogens is 2. The molecule has 17 heavy (non-hydrogen) atoms. The fourth-order valence-corrected chi connectivity index (χ4v) is 1.75. The molecule has 0 saturated carbocycles. The Bertz CT molecular complexity index is 541. The summed E-state index contributed by atoms with van der Waals surface area (Å²) in [5.74, 6) is -2.11. The Kier molecular flexibility index (Phi) is 2.75. The summed E-state index contributed by atoms with van der Waals surface area (Å²) in [7, 11) is 0. The molecule has 1 N–H and O–H groups in total. The molecule has 0 aliphatic carbocycles. The van der Waals surface area contributed by atoms with Gasteiger partial charge in [0.25, 0.3) is 0 Å². The number of rotatable bonds is 1. The fraction of sp³-hybridized carbons (Fsp3) is 0.167. The number of hydrogen-bond acceptors (Lipinski definition) is 3. The van der Waals surface area contributed by atoms with E-state index in [1.165, 1.54) is 6.33 Å². The van der Waals surface area contributed by atoms with Gasteiger partial charge in [-0.2, -0.15) is 0 Å². The standard InChI is InChI=1S/C12H10F2N2O/c1-6-11(7(2)16-5-15-6)12-9(13)3-8(17)4-10(12)14/h3-5,17H,1-2H3. The van der Waals surface area contributed by atoms with Crippen molar-refractivity contribution in [2.75, 3.05) is 0 Å². The Labute approximate surface area is 96.8 Å². The van der Waals surface area contributed by atoms with Gasteiger partial charge in [0.15, 0.2) is 0 Å². The maximum atomic E-state index is 13.7. The van der Waals surface area contributed by atoms with E-state index in [0.717, 1.165) is 12.1 Å². The number of hydrogen-bond donors (Lipinski definition) is 1. The normalized spacial score (nSPS) is 10.6. The lowest BCUT2D eigenvalue weighted by Gasteiger charge is -2.10. The molecule has 2 rings (SSSR count). The number of halogens is 2. The number of aromatic hydroxyl groups is 1. The molecule has 0 atom stereocenters. The Balaban J connectivity index is 2.77. The smallest absolute Gasteiger partial charge is 0.137 e. The van der Waals surface area contributed by atoms with Gasteiger partial charge in [-0.25, -0.2) is 18.7 Å². The number of nitrogens with zero attached hydrogens (tertiary/aromatic N) is 2. The Morgan fingerprint density at radius 2 is 1.41 bits per heavy atom. The molecule has 0 radical (unpaired) electrons. The van der Waals surface area contributed by atoms with Crippen molar-refractivity contribution >= 4 is 0 Å². The monoisotopic (exact) mass is 236 g/mol. The third-order valence-corrected chi connectivity index (χ3v) is 2.50. The van der Waals surface area contributed by atoms with E-state index in [-0.39, 0.29) is 5.56 Å². The molecular weight excluding hydrogens is 226 g/mol. The van der Waals surface area contributed by atoms with Gasteiger partial charge in [0.05, 0.1) is 5.56 Å². The highest BCUT2D eigenvalue weighted by Gasteiger charge is 2.18. The van der Waals surface area contributed by atoms with Gasteiger partial charge in [-0.3, -0.25) is 0 Å². The summed E-state index contributed by atoms with van der Waals surface area (Å²) in [6.07, 6.45) is 1.34. The summed E-state index contributed by atoms with van der Waals surface area (Å²) < 4.78 is 27.4. The molecular formula is C12H10F2N2O. The molecule has 0 aliphatic rings. The zero-order valence-corrected chi connectivity index (χ0v) is 9.33. The average molecular weight is 236 g/mol. The van der Waals surface area contributed by atoms with Crippen molar-refractivity contribution in [3.8, 4) is 16.9 Å². The molecule has 1 aromatic carbocycles. The second-order valence-corrected chi connectivity index (χ2v) is 3.70. The van der Waals surface area contributed by atoms with Gasteiger partial charge in [0, 0.05) is 29.1 Å². The van der Waals surface area contributed by atoms with E-state index < -0.39 is 17.4 Å². The van der Waals surface area contributed by atoms with Crippen molar-refractivity contribution in [1.82, 2.24) is 9.97 Å². The van der Waals surface area contributed by atoms with Crippen LogP contribution in [0.25, 0.3) is 11.1 Å². The molecule has 0 fully saturated rings. The van der Waals surface area contributed by atoms with Crippen LogP contribution < -0.4 is 0 Å². The quantitative estimate of drug-likeness (QED) is 0.828. The summed E-state index contributed by atoms with van der Waals surface area (Å²) in [6.45, 7) is 3.30. The van der Waals surface area contributed by atoms with E-state index in [1.807, 2.05) is 0 Å². The van der Waals surface area contributed by atoms with Crippen molar-refractivity contribution in [3.63, 3.8) is 0 Å². The first-order valence-electron chi connectivity index (χ1n) is 4.97. The third-order valence-electron chi connectivity index (χ3n) is 2.50. The summed E-state index contributed by atoms with van der Waals surface area (Å²) in [6, 6.07) is 1.73. The van der Waals surface area contributed by atoms with Gasteiger partial charge in [-0.15, -0.1) is 0 Å². The van der Waals surface area contributed by atoms with Crippen LogP contribution in [0.4, 0.5) is 8.78 Å². The molecule has 1 heterocycles. The van der Waals surface area contributed by atoms with Crippen LogP contribution in [-0.4, -0.2) is 15.1 Å². The highest BCUT2D eigenvalue weighted by atomic mass is 19.1. The van der Waals surface area contributed by atoms with Gasteiger partial charge in [-0.1, -0.05) is 0 Å². The van der Waals surface area contributed by atoms with Gasteiger partial charge in [-0.05, 0) is 13.8 Å². The van der Waals surface area contributed by atoms with E-state index >= 15 is 0 Å². The maximum absolute atomic E-state index is 13.7. The number of phenols is 1. The summed E-state index contributed by atoms with van der Waals surface area (Å²) in [5.41, 5.74) is 1.09. The highest BCUT2D eigenvalue weighted by Crippen LogP contribution is 2.32. The second-order valence-electron chi connectivity index (χ2n) is 3.70. The van der Waals surface area contributed by atoms with Crippen LogP contribution in [0.15, 0.2) is 18.5 Å². The van der Waals surface area contributed by atoms with Crippen molar-refractivity contribution < 1.29 is 13.9 Å². The fourth-order valence-electron chi connectivity index (χ4n) is 1.75. The van der Waals surface area contributed by atoms with Crippen LogP contribution in [0.2, 0.25) is 0 Å². The molecule has 3 nitrogen and oxygen atoms in total. The topological polar surface area (TPSA) is 46.0 Å².